The van der Waals surface area contributed by atoms with Crippen molar-refractivity contribution in [3.63, 3.8) is 0 Å². The molecule has 5 N–H and O–H groups in total. The van der Waals surface area contributed by atoms with Gasteiger partial charge in [0, 0.05) is 36.3 Å². The molecule has 2 amide bonds. The molecule has 1 atom stereocenters. The van der Waals surface area contributed by atoms with Gasteiger partial charge in [-0.1, -0.05) is 13.2 Å². The third-order valence-corrected chi connectivity index (χ3v) is 4.85. The van der Waals surface area contributed by atoms with E-state index in [4.69, 9.17) is 9.47 Å². The Morgan fingerprint density at radius 1 is 0.789 bits per heavy atom. The van der Waals surface area contributed by atoms with Gasteiger partial charge in [-0.2, -0.15) is 9.78 Å². The summed E-state index contributed by atoms with van der Waals surface area (Å²) < 4.78 is 9.71. The number of rotatable bonds is 20. The molecule has 0 bridgehead atoms. The van der Waals surface area contributed by atoms with Gasteiger partial charge in [0.15, 0.2) is 0 Å². The smallest absolute Gasteiger partial charge is 0.407 e. The molecule has 0 radical (unpaired) electrons. The van der Waals surface area contributed by atoms with Crippen molar-refractivity contribution in [3.05, 3.63) is 24.3 Å². The summed E-state index contributed by atoms with van der Waals surface area (Å²) in [5.74, 6) is -1.95. The first-order chi connectivity index (χ1) is 18.0. The van der Waals surface area contributed by atoms with Gasteiger partial charge in [0.25, 0.3) is 0 Å². The summed E-state index contributed by atoms with van der Waals surface area (Å²) in [5.41, 5.74) is -0.898. The van der Waals surface area contributed by atoms with Crippen LogP contribution in [0.1, 0.15) is 26.7 Å². The lowest BCUT2D eigenvalue weighted by atomic mass is 9.79. The molecule has 0 saturated heterocycles. The summed E-state index contributed by atoms with van der Waals surface area (Å²) in [6.07, 6.45) is -1.26. The first-order valence-electron chi connectivity index (χ1n) is 11.6. The second kappa shape index (κ2) is 19.8. The van der Waals surface area contributed by atoms with Crippen LogP contribution >= 0.6 is 0 Å². The van der Waals surface area contributed by atoms with E-state index in [-0.39, 0.29) is 70.1 Å². The highest BCUT2D eigenvalue weighted by atomic mass is 17.2. The number of hydrogen-bond donors (Lipinski definition) is 5. The molecule has 0 fully saturated rings. The van der Waals surface area contributed by atoms with Crippen molar-refractivity contribution in [2.75, 3.05) is 59.3 Å². The van der Waals surface area contributed by atoms with Crippen molar-refractivity contribution in [2.24, 2.45) is 11.3 Å². The van der Waals surface area contributed by atoms with Gasteiger partial charge in [0.05, 0.1) is 13.2 Å². The SMILES string of the molecule is C=C(C)C(=O)OOCCOC(=O)NCCC(CO)CC(CO)(CO)CNC(=O)OCCOOC(=O)C(=C)C. The Labute approximate surface area is 220 Å². The highest BCUT2D eigenvalue weighted by Crippen LogP contribution is 2.27. The fraction of sp³-hybridized carbons (Fsp3) is 0.652. The molecule has 0 spiro atoms. The number of nitrogens with one attached hydrogen (secondary N) is 2. The van der Waals surface area contributed by atoms with Crippen LogP contribution in [0.5, 0.6) is 0 Å². The summed E-state index contributed by atoms with van der Waals surface area (Å²) in [4.78, 5) is 63.8. The van der Waals surface area contributed by atoms with Crippen LogP contribution in [0.3, 0.4) is 0 Å². The summed E-state index contributed by atoms with van der Waals surface area (Å²) in [5, 5.41) is 34.3. The van der Waals surface area contributed by atoms with E-state index in [1.807, 2.05) is 0 Å². The van der Waals surface area contributed by atoms with Crippen molar-refractivity contribution in [3.8, 4) is 0 Å². The molecule has 0 aliphatic heterocycles. The van der Waals surface area contributed by atoms with Crippen LogP contribution in [0.25, 0.3) is 0 Å². The Kier molecular flexibility index (Phi) is 18.1. The van der Waals surface area contributed by atoms with Crippen LogP contribution in [-0.2, 0) is 38.6 Å². The molecule has 15 nitrogen and oxygen atoms in total. The van der Waals surface area contributed by atoms with Crippen LogP contribution in [0, 0.1) is 11.3 Å². The molecule has 0 aromatic heterocycles. The third kappa shape index (κ3) is 15.8. The Bertz CT molecular complexity index is 783. The molecule has 0 aromatic rings. The van der Waals surface area contributed by atoms with Gasteiger partial charge in [-0.25, -0.2) is 19.2 Å². The van der Waals surface area contributed by atoms with Gasteiger partial charge in [-0.15, -0.1) is 0 Å². The first-order valence-corrected chi connectivity index (χ1v) is 11.6. The van der Waals surface area contributed by atoms with E-state index >= 15 is 0 Å². The minimum atomic E-state index is -1.18. The fourth-order valence-electron chi connectivity index (χ4n) is 2.64. The average molecular weight is 551 g/mol. The predicted molar refractivity (Wildman–Crippen MR) is 129 cm³/mol. The summed E-state index contributed by atoms with van der Waals surface area (Å²) in [7, 11) is 0. The molecule has 1 unspecified atom stereocenters. The molecule has 0 saturated carbocycles. The highest BCUT2D eigenvalue weighted by Gasteiger charge is 2.32. The predicted octanol–water partition coefficient (Wildman–Crippen LogP) is -0.0997. The number of aliphatic hydroxyl groups is 3. The Hall–Kier alpha value is -3.24. The van der Waals surface area contributed by atoms with E-state index in [1.165, 1.54) is 13.8 Å². The van der Waals surface area contributed by atoms with Crippen LogP contribution in [0.2, 0.25) is 0 Å². The van der Waals surface area contributed by atoms with Gasteiger partial charge in [-0.05, 0) is 32.6 Å². The number of hydrogen-bond acceptors (Lipinski definition) is 13. The van der Waals surface area contributed by atoms with Crippen molar-refractivity contribution in [1.82, 2.24) is 10.6 Å². The van der Waals surface area contributed by atoms with E-state index in [2.05, 4.69) is 43.3 Å². The Morgan fingerprint density at radius 2 is 1.26 bits per heavy atom. The molecule has 15 heteroatoms. The van der Waals surface area contributed by atoms with E-state index in [9.17, 15) is 34.5 Å². The fourth-order valence-corrected chi connectivity index (χ4v) is 2.64. The van der Waals surface area contributed by atoms with Gasteiger partial charge >= 0.3 is 24.1 Å². The number of aliphatic hydroxyl groups excluding tert-OH is 3. The monoisotopic (exact) mass is 550 g/mol. The molecule has 0 aromatic carbocycles. The molecule has 0 rings (SSSR count). The lowest BCUT2D eigenvalue weighted by molar-refractivity contribution is -0.271. The maximum atomic E-state index is 11.9. The molecule has 0 aliphatic carbocycles. The second-order valence-corrected chi connectivity index (χ2v) is 8.36. The molecular formula is C23H38N2O13. The largest absolute Gasteiger partial charge is 0.447 e. The van der Waals surface area contributed by atoms with Crippen molar-refractivity contribution < 1.29 is 63.5 Å². The van der Waals surface area contributed by atoms with Crippen LogP contribution in [0.15, 0.2) is 24.3 Å². The normalized spacial score (nSPS) is 11.6. The van der Waals surface area contributed by atoms with Crippen molar-refractivity contribution >= 4 is 24.1 Å². The summed E-state index contributed by atoms with van der Waals surface area (Å²) in [6, 6.07) is 0. The quantitative estimate of drug-likeness (QED) is 0.0581. The zero-order chi connectivity index (χ0) is 29.0. The number of carbonyl (C=O) groups excluding carboxylic acids is 4. The zero-order valence-corrected chi connectivity index (χ0v) is 21.7. The molecule has 0 aliphatic rings. The molecule has 0 heterocycles. The Balaban J connectivity index is 4.35. The van der Waals surface area contributed by atoms with Crippen molar-refractivity contribution in [2.45, 2.75) is 26.7 Å². The van der Waals surface area contributed by atoms with Gasteiger partial charge < -0.3 is 35.4 Å². The molecular weight excluding hydrogens is 512 g/mol. The lowest BCUT2D eigenvalue weighted by Gasteiger charge is -2.33. The molecule has 218 valence electrons. The number of alkyl carbamates (subject to hydrolysis) is 2. The number of ether oxygens (including phenoxy) is 2. The van der Waals surface area contributed by atoms with Crippen molar-refractivity contribution in [1.29, 1.82) is 0 Å². The van der Waals surface area contributed by atoms with Gasteiger partial charge in [0.2, 0.25) is 0 Å². The summed E-state index contributed by atoms with van der Waals surface area (Å²) in [6.45, 7) is 7.37. The van der Waals surface area contributed by atoms with Gasteiger partial charge in [-0.3, -0.25) is 9.78 Å². The standard InChI is InChI=1S/C23H38N2O13/c1-16(2)19(29)37-35-9-7-33-21(31)24-6-5-18(12-26)11-23(14-27,15-28)13-25-22(32)34-8-10-36-38-20(30)17(3)4/h18,26-28H,1,3,5-15H2,2,4H3,(H,24,31)(H,25,32). The first kappa shape index (κ1) is 34.8. The number of carbonyl (C=O) groups is 4. The van der Waals surface area contributed by atoms with Crippen LogP contribution in [0.4, 0.5) is 9.59 Å². The highest BCUT2D eigenvalue weighted by molar-refractivity contribution is 5.86. The Morgan fingerprint density at radius 3 is 1.68 bits per heavy atom. The topological polar surface area (TPSA) is 208 Å². The second-order valence-electron chi connectivity index (χ2n) is 8.36. The minimum absolute atomic E-state index is 0.105. The van der Waals surface area contributed by atoms with E-state index < -0.39 is 48.7 Å². The van der Waals surface area contributed by atoms with Gasteiger partial charge in [0.1, 0.15) is 26.4 Å². The zero-order valence-electron chi connectivity index (χ0n) is 21.7. The maximum absolute atomic E-state index is 11.9. The lowest BCUT2D eigenvalue weighted by Crippen LogP contribution is -2.45. The van der Waals surface area contributed by atoms with E-state index in [1.54, 1.807) is 0 Å². The van der Waals surface area contributed by atoms with E-state index in [0.29, 0.717) is 0 Å². The minimum Gasteiger partial charge on any atom is -0.447 e. The van der Waals surface area contributed by atoms with Crippen LogP contribution in [-0.4, -0.2) is 98.8 Å². The number of amides is 2. The van der Waals surface area contributed by atoms with Crippen LogP contribution < -0.4 is 10.6 Å². The average Bonchev–Trinajstić information content (AvgIpc) is 2.89. The maximum Gasteiger partial charge on any atom is 0.407 e. The van der Waals surface area contributed by atoms with E-state index in [0.717, 1.165) is 0 Å². The summed E-state index contributed by atoms with van der Waals surface area (Å²) >= 11 is 0. The third-order valence-electron chi connectivity index (χ3n) is 4.85. The molecule has 38 heavy (non-hydrogen) atoms.